The second-order valence-corrected chi connectivity index (χ2v) is 3.29. The zero-order chi connectivity index (χ0) is 9.97. The largest absolute Gasteiger partial charge is 0.411 e. The summed E-state index contributed by atoms with van der Waals surface area (Å²) in [6.45, 7) is 0. The average molecular weight is 207 g/mol. The lowest BCUT2D eigenvalue weighted by Gasteiger charge is -1.98. The Hall–Kier alpha value is -1.61. The third-order valence-electron chi connectivity index (χ3n) is 1.88. The van der Waals surface area contributed by atoms with E-state index in [4.69, 9.17) is 16.8 Å². The third-order valence-corrected chi connectivity index (χ3v) is 2.09. The minimum absolute atomic E-state index is 0.593. The number of nitrogens with zero attached hydrogens (tertiary/aromatic N) is 2. The maximum Gasteiger partial charge on any atom is 0.0734 e. The molecule has 0 aliphatic rings. The molecule has 0 fully saturated rings. The van der Waals surface area contributed by atoms with Crippen molar-refractivity contribution in [1.29, 1.82) is 0 Å². The molecule has 2 aromatic rings. The molecule has 0 radical (unpaired) electrons. The predicted octanol–water partition coefficient (Wildman–Crippen LogP) is 2.70. The van der Waals surface area contributed by atoms with Gasteiger partial charge in [-0.1, -0.05) is 22.8 Å². The van der Waals surface area contributed by atoms with Crippen molar-refractivity contribution in [2.75, 3.05) is 0 Å². The molecule has 1 aromatic carbocycles. The summed E-state index contributed by atoms with van der Waals surface area (Å²) in [6.07, 6.45) is 2.96. The van der Waals surface area contributed by atoms with Crippen molar-refractivity contribution in [3.63, 3.8) is 0 Å². The lowest BCUT2D eigenvalue weighted by molar-refractivity contribution is 0.322. The molecular weight excluding hydrogens is 200 g/mol. The summed E-state index contributed by atoms with van der Waals surface area (Å²) in [5, 5.41) is 12.8. The Bertz CT molecular complexity index is 496. The molecule has 0 saturated heterocycles. The van der Waals surface area contributed by atoms with Gasteiger partial charge in [0.2, 0.25) is 0 Å². The molecule has 4 heteroatoms. The third kappa shape index (κ3) is 1.67. The summed E-state index contributed by atoms with van der Waals surface area (Å²) < 4.78 is 0. The Morgan fingerprint density at radius 1 is 1.36 bits per heavy atom. The first-order valence-corrected chi connectivity index (χ1v) is 4.40. The molecule has 0 aliphatic heterocycles. The molecule has 0 amide bonds. The molecule has 3 nitrogen and oxygen atoms in total. The summed E-state index contributed by atoms with van der Waals surface area (Å²) >= 11 is 5.80. The van der Waals surface area contributed by atoms with Crippen LogP contribution in [0.4, 0.5) is 0 Å². The Morgan fingerprint density at radius 3 is 3.00 bits per heavy atom. The van der Waals surface area contributed by atoms with Crippen molar-refractivity contribution in [3.05, 3.63) is 41.0 Å². The minimum Gasteiger partial charge on any atom is -0.411 e. The zero-order valence-electron chi connectivity index (χ0n) is 7.18. The molecular formula is C10H7ClN2O. The normalized spacial score (nSPS) is 11.2. The van der Waals surface area contributed by atoms with E-state index in [9.17, 15) is 0 Å². The molecule has 1 heterocycles. The van der Waals surface area contributed by atoms with E-state index in [2.05, 4.69) is 10.1 Å². The number of halogens is 1. The van der Waals surface area contributed by atoms with Gasteiger partial charge >= 0.3 is 0 Å². The van der Waals surface area contributed by atoms with Crippen molar-refractivity contribution < 1.29 is 5.21 Å². The second kappa shape index (κ2) is 3.64. The Morgan fingerprint density at radius 2 is 2.21 bits per heavy atom. The van der Waals surface area contributed by atoms with E-state index in [-0.39, 0.29) is 0 Å². The lowest BCUT2D eigenvalue weighted by atomic mass is 10.1. The molecule has 0 bridgehead atoms. The van der Waals surface area contributed by atoms with E-state index in [0.717, 1.165) is 16.5 Å². The average Bonchev–Trinajstić information content (AvgIpc) is 2.17. The van der Waals surface area contributed by atoms with Crippen LogP contribution in [0.5, 0.6) is 0 Å². The molecule has 0 atom stereocenters. The lowest BCUT2D eigenvalue weighted by Crippen LogP contribution is -1.83. The highest BCUT2D eigenvalue weighted by molar-refractivity contribution is 6.31. The Balaban J connectivity index is 2.63. The van der Waals surface area contributed by atoms with E-state index in [1.54, 1.807) is 6.20 Å². The first kappa shape index (κ1) is 8.97. The van der Waals surface area contributed by atoms with E-state index >= 15 is 0 Å². The SMILES string of the molecule is ON=Cc1ccc2ncc(Cl)cc2c1. The van der Waals surface area contributed by atoms with Crippen LogP contribution >= 0.6 is 11.6 Å². The van der Waals surface area contributed by atoms with Gasteiger partial charge in [-0.3, -0.25) is 4.98 Å². The number of fused-ring (bicyclic) bond motifs is 1. The molecule has 14 heavy (non-hydrogen) atoms. The van der Waals surface area contributed by atoms with Crippen molar-refractivity contribution >= 4 is 28.7 Å². The topological polar surface area (TPSA) is 45.5 Å². The van der Waals surface area contributed by atoms with Gasteiger partial charge in [0.1, 0.15) is 0 Å². The molecule has 0 spiro atoms. The van der Waals surface area contributed by atoms with Crippen LogP contribution in [0.25, 0.3) is 10.9 Å². The number of aromatic nitrogens is 1. The van der Waals surface area contributed by atoms with Crippen LogP contribution in [-0.4, -0.2) is 16.4 Å². The van der Waals surface area contributed by atoms with Crippen LogP contribution < -0.4 is 0 Å². The minimum atomic E-state index is 0.593. The van der Waals surface area contributed by atoms with Gasteiger partial charge in [-0.2, -0.15) is 0 Å². The first-order valence-electron chi connectivity index (χ1n) is 4.02. The van der Waals surface area contributed by atoms with Crippen LogP contribution in [0.1, 0.15) is 5.56 Å². The molecule has 70 valence electrons. The maximum absolute atomic E-state index is 8.37. The second-order valence-electron chi connectivity index (χ2n) is 2.85. The quantitative estimate of drug-likeness (QED) is 0.443. The first-order chi connectivity index (χ1) is 6.79. The highest BCUT2D eigenvalue weighted by Crippen LogP contribution is 2.17. The molecule has 1 aromatic heterocycles. The fourth-order valence-electron chi connectivity index (χ4n) is 1.27. The summed E-state index contributed by atoms with van der Waals surface area (Å²) in [5.74, 6) is 0. The van der Waals surface area contributed by atoms with Crippen molar-refractivity contribution in [1.82, 2.24) is 4.98 Å². The highest BCUT2D eigenvalue weighted by Gasteiger charge is 1.97. The fourth-order valence-corrected chi connectivity index (χ4v) is 1.44. The zero-order valence-corrected chi connectivity index (χ0v) is 7.94. The highest BCUT2D eigenvalue weighted by atomic mass is 35.5. The van der Waals surface area contributed by atoms with E-state index in [0.29, 0.717) is 5.02 Å². The maximum atomic E-state index is 8.37. The summed E-state index contributed by atoms with van der Waals surface area (Å²) in [5.41, 5.74) is 1.67. The monoisotopic (exact) mass is 206 g/mol. The number of rotatable bonds is 1. The van der Waals surface area contributed by atoms with Gasteiger partial charge in [-0.15, -0.1) is 0 Å². The number of hydrogen-bond acceptors (Lipinski definition) is 3. The van der Waals surface area contributed by atoms with E-state index < -0.39 is 0 Å². The fraction of sp³-hybridized carbons (Fsp3) is 0. The van der Waals surface area contributed by atoms with Gasteiger partial charge in [-0.05, 0) is 23.8 Å². The van der Waals surface area contributed by atoms with Crippen LogP contribution in [0.2, 0.25) is 5.02 Å². The van der Waals surface area contributed by atoms with Crippen LogP contribution in [0.3, 0.4) is 0 Å². The van der Waals surface area contributed by atoms with E-state index in [1.165, 1.54) is 6.21 Å². The number of benzene rings is 1. The van der Waals surface area contributed by atoms with Gasteiger partial charge in [0, 0.05) is 11.6 Å². The molecule has 1 N–H and O–H groups in total. The Kier molecular flexibility index (Phi) is 2.33. The molecule has 0 aliphatic carbocycles. The standard InChI is InChI=1S/C10H7ClN2O/c11-9-4-8-3-7(5-13-14)1-2-10(8)12-6-9/h1-6,14H. The smallest absolute Gasteiger partial charge is 0.0734 e. The van der Waals surface area contributed by atoms with Crippen molar-refractivity contribution in [2.24, 2.45) is 5.16 Å². The molecule has 2 rings (SSSR count). The summed E-state index contributed by atoms with van der Waals surface area (Å²) in [7, 11) is 0. The molecule has 0 saturated carbocycles. The van der Waals surface area contributed by atoms with Gasteiger partial charge in [-0.25, -0.2) is 0 Å². The number of oxime groups is 1. The van der Waals surface area contributed by atoms with Crippen LogP contribution in [0, 0.1) is 0 Å². The van der Waals surface area contributed by atoms with E-state index in [1.807, 2.05) is 24.3 Å². The number of hydrogen-bond donors (Lipinski definition) is 1. The Labute approximate surface area is 85.6 Å². The number of pyridine rings is 1. The van der Waals surface area contributed by atoms with Gasteiger partial charge < -0.3 is 5.21 Å². The van der Waals surface area contributed by atoms with Gasteiger partial charge in [0.25, 0.3) is 0 Å². The molecule has 0 unspecified atom stereocenters. The van der Waals surface area contributed by atoms with Crippen molar-refractivity contribution in [3.8, 4) is 0 Å². The van der Waals surface area contributed by atoms with Gasteiger partial charge in [0.15, 0.2) is 0 Å². The summed E-state index contributed by atoms with van der Waals surface area (Å²) in [6, 6.07) is 7.35. The predicted molar refractivity (Wildman–Crippen MR) is 56.1 cm³/mol. The van der Waals surface area contributed by atoms with Gasteiger partial charge in [0.05, 0.1) is 16.8 Å². The van der Waals surface area contributed by atoms with Crippen LogP contribution in [0.15, 0.2) is 35.6 Å². The van der Waals surface area contributed by atoms with Crippen LogP contribution in [-0.2, 0) is 0 Å². The van der Waals surface area contributed by atoms with Crippen molar-refractivity contribution in [2.45, 2.75) is 0 Å². The summed E-state index contributed by atoms with van der Waals surface area (Å²) in [4.78, 5) is 4.14.